The van der Waals surface area contributed by atoms with E-state index in [1.807, 2.05) is 0 Å². The molecule has 3 rings (SSSR count). The molecule has 2 aliphatic heterocycles. The number of methoxy groups -OCH3 is 1. The minimum Gasteiger partial charge on any atom is -0.375 e. The third kappa shape index (κ3) is 7.45. The quantitative estimate of drug-likeness (QED) is 0.246. The van der Waals surface area contributed by atoms with Crippen molar-refractivity contribution in [1.82, 2.24) is 20.9 Å². The Balaban J connectivity index is 1.40. The molecule has 0 spiro atoms. The summed E-state index contributed by atoms with van der Waals surface area (Å²) >= 11 is 0. The molecule has 6 amide bonds. The van der Waals surface area contributed by atoms with E-state index in [1.165, 1.54) is 13.2 Å². The number of nitrogens with one attached hydrogen (secondary N) is 3. The minimum atomic E-state index is -1.04. The molecule has 1 atom stereocenters. The van der Waals surface area contributed by atoms with E-state index < -0.39 is 29.7 Å². The SMILES string of the molecule is COCC(=O)NCCCCCCCCNC(=O)Cc1cccc2c1C(=O)N(C1CCC(=O)NC1=O)C2=O. The highest BCUT2D eigenvalue weighted by atomic mass is 16.5. The van der Waals surface area contributed by atoms with Crippen molar-refractivity contribution in [1.29, 1.82) is 0 Å². The van der Waals surface area contributed by atoms with Gasteiger partial charge in [0.1, 0.15) is 12.6 Å². The maximum atomic E-state index is 13.1. The van der Waals surface area contributed by atoms with Gasteiger partial charge in [0, 0.05) is 26.6 Å². The van der Waals surface area contributed by atoms with E-state index in [9.17, 15) is 28.8 Å². The number of fused-ring (bicyclic) bond motifs is 1. The maximum absolute atomic E-state index is 13.1. The molecular formula is C26H34N4O7. The molecule has 1 unspecified atom stereocenters. The van der Waals surface area contributed by atoms with E-state index in [2.05, 4.69) is 16.0 Å². The number of ether oxygens (including phenoxy) is 1. The molecule has 0 saturated carbocycles. The molecule has 0 aromatic heterocycles. The van der Waals surface area contributed by atoms with Crippen LogP contribution in [0.3, 0.4) is 0 Å². The first-order chi connectivity index (χ1) is 17.8. The maximum Gasteiger partial charge on any atom is 0.262 e. The topological polar surface area (TPSA) is 151 Å². The summed E-state index contributed by atoms with van der Waals surface area (Å²) < 4.78 is 4.75. The average Bonchev–Trinajstić information content (AvgIpc) is 3.11. The van der Waals surface area contributed by atoms with Gasteiger partial charge in [-0.1, -0.05) is 37.8 Å². The summed E-state index contributed by atoms with van der Waals surface area (Å²) in [5.74, 6) is -2.66. The Morgan fingerprint density at radius 3 is 2.24 bits per heavy atom. The molecule has 0 radical (unpaired) electrons. The van der Waals surface area contributed by atoms with Crippen LogP contribution < -0.4 is 16.0 Å². The number of piperidine rings is 1. The van der Waals surface area contributed by atoms with E-state index in [-0.39, 0.29) is 48.8 Å². The molecule has 0 bridgehead atoms. The highest BCUT2D eigenvalue weighted by Crippen LogP contribution is 2.30. The second-order valence-corrected chi connectivity index (χ2v) is 9.22. The molecule has 1 aromatic carbocycles. The molecule has 11 heteroatoms. The van der Waals surface area contributed by atoms with Crippen LogP contribution in [-0.4, -0.2) is 73.2 Å². The Morgan fingerprint density at radius 2 is 1.59 bits per heavy atom. The Hall–Kier alpha value is -3.60. The monoisotopic (exact) mass is 514 g/mol. The summed E-state index contributed by atoms with van der Waals surface area (Å²) in [5.41, 5.74) is 0.741. The van der Waals surface area contributed by atoms with Crippen LogP contribution in [0.25, 0.3) is 0 Å². The molecule has 1 fully saturated rings. The third-order valence-electron chi connectivity index (χ3n) is 6.43. The lowest BCUT2D eigenvalue weighted by atomic mass is 10.00. The first kappa shape index (κ1) is 28.0. The Bertz CT molecular complexity index is 1060. The normalized spacial score (nSPS) is 17.0. The van der Waals surface area contributed by atoms with Gasteiger partial charge < -0.3 is 15.4 Å². The van der Waals surface area contributed by atoms with Gasteiger partial charge in [0.2, 0.25) is 23.6 Å². The van der Waals surface area contributed by atoms with Gasteiger partial charge in [0.05, 0.1) is 17.5 Å². The summed E-state index contributed by atoms with van der Waals surface area (Å²) in [4.78, 5) is 74.4. The smallest absolute Gasteiger partial charge is 0.262 e. The fourth-order valence-electron chi connectivity index (χ4n) is 4.56. The van der Waals surface area contributed by atoms with Crippen LogP contribution in [0, 0.1) is 0 Å². The van der Waals surface area contributed by atoms with Gasteiger partial charge >= 0.3 is 0 Å². The van der Waals surface area contributed by atoms with Gasteiger partial charge in [-0.05, 0) is 30.9 Å². The van der Waals surface area contributed by atoms with Crippen molar-refractivity contribution in [2.45, 2.75) is 63.8 Å². The minimum absolute atomic E-state index is 0.0478. The van der Waals surface area contributed by atoms with Crippen LogP contribution >= 0.6 is 0 Å². The molecule has 37 heavy (non-hydrogen) atoms. The molecule has 3 N–H and O–H groups in total. The molecule has 11 nitrogen and oxygen atoms in total. The van der Waals surface area contributed by atoms with Crippen LogP contribution in [0.1, 0.15) is 77.6 Å². The second kappa shape index (κ2) is 13.6. The number of amides is 6. The highest BCUT2D eigenvalue weighted by molar-refractivity contribution is 6.24. The van der Waals surface area contributed by atoms with E-state index in [4.69, 9.17) is 4.74 Å². The first-order valence-electron chi connectivity index (χ1n) is 12.7. The third-order valence-corrected chi connectivity index (χ3v) is 6.43. The number of hydrogen-bond acceptors (Lipinski definition) is 7. The van der Waals surface area contributed by atoms with E-state index in [1.54, 1.807) is 12.1 Å². The zero-order valence-electron chi connectivity index (χ0n) is 21.1. The summed E-state index contributed by atoms with van der Waals surface area (Å²) in [7, 11) is 1.48. The van der Waals surface area contributed by atoms with E-state index in [0.29, 0.717) is 18.7 Å². The Labute approximate surface area is 215 Å². The molecule has 2 heterocycles. The lowest BCUT2D eigenvalue weighted by molar-refractivity contribution is -0.136. The predicted octanol–water partition coefficient (Wildman–Crippen LogP) is 0.850. The number of carbonyl (C=O) groups excluding carboxylic acids is 6. The van der Waals surface area contributed by atoms with Crippen LogP contribution in [0.2, 0.25) is 0 Å². The summed E-state index contributed by atoms with van der Waals surface area (Å²) in [6.45, 7) is 1.23. The summed E-state index contributed by atoms with van der Waals surface area (Å²) in [6, 6.07) is 3.72. The van der Waals surface area contributed by atoms with Crippen molar-refractivity contribution in [2.75, 3.05) is 26.8 Å². The van der Waals surface area contributed by atoms with Crippen molar-refractivity contribution in [3.8, 4) is 0 Å². The summed E-state index contributed by atoms with van der Waals surface area (Å²) in [6.07, 6.45) is 5.86. The Morgan fingerprint density at radius 1 is 0.946 bits per heavy atom. The zero-order chi connectivity index (χ0) is 26.8. The first-order valence-corrected chi connectivity index (χ1v) is 12.7. The lowest BCUT2D eigenvalue weighted by Gasteiger charge is -2.27. The van der Waals surface area contributed by atoms with Gasteiger partial charge in [-0.25, -0.2) is 0 Å². The van der Waals surface area contributed by atoms with Gasteiger partial charge in [-0.3, -0.25) is 39.0 Å². The fourth-order valence-corrected chi connectivity index (χ4v) is 4.56. The van der Waals surface area contributed by atoms with Gasteiger partial charge in [-0.15, -0.1) is 0 Å². The van der Waals surface area contributed by atoms with Crippen molar-refractivity contribution < 1.29 is 33.5 Å². The number of rotatable bonds is 14. The number of unbranched alkanes of at least 4 members (excludes halogenated alkanes) is 5. The number of benzene rings is 1. The lowest BCUT2D eigenvalue weighted by Crippen LogP contribution is -2.54. The average molecular weight is 515 g/mol. The highest BCUT2D eigenvalue weighted by Gasteiger charge is 2.45. The Kier molecular flexibility index (Phi) is 10.3. The van der Waals surface area contributed by atoms with Crippen LogP contribution in [0.5, 0.6) is 0 Å². The standard InChI is InChI=1S/C26H34N4O7/c1-37-16-22(33)28-14-7-5-3-2-4-6-13-27-21(32)15-17-9-8-10-18-23(17)26(36)30(25(18)35)19-11-12-20(31)29-24(19)34/h8-10,19H,2-7,11-16H2,1H3,(H,27,32)(H,28,33)(H,29,31,34). The largest absolute Gasteiger partial charge is 0.375 e. The molecule has 1 aromatic rings. The number of nitrogens with zero attached hydrogens (tertiary/aromatic N) is 1. The number of imide groups is 2. The summed E-state index contributed by atoms with van der Waals surface area (Å²) in [5, 5.41) is 7.82. The van der Waals surface area contributed by atoms with Gasteiger partial charge in [0.15, 0.2) is 0 Å². The molecule has 200 valence electrons. The van der Waals surface area contributed by atoms with Crippen molar-refractivity contribution in [3.05, 3.63) is 34.9 Å². The van der Waals surface area contributed by atoms with Gasteiger partial charge in [-0.2, -0.15) is 0 Å². The van der Waals surface area contributed by atoms with Gasteiger partial charge in [0.25, 0.3) is 11.8 Å². The molecule has 0 aliphatic carbocycles. The van der Waals surface area contributed by atoms with Crippen LogP contribution in [0.15, 0.2) is 18.2 Å². The van der Waals surface area contributed by atoms with Crippen molar-refractivity contribution in [2.24, 2.45) is 0 Å². The van der Waals surface area contributed by atoms with E-state index in [0.717, 1.165) is 43.4 Å². The number of carbonyl (C=O) groups is 6. The van der Waals surface area contributed by atoms with Crippen molar-refractivity contribution in [3.63, 3.8) is 0 Å². The second-order valence-electron chi connectivity index (χ2n) is 9.22. The fraction of sp³-hybridized carbons (Fsp3) is 0.538. The molecular weight excluding hydrogens is 480 g/mol. The van der Waals surface area contributed by atoms with E-state index >= 15 is 0 Å². The molecule has 2 aliphatic rings. The van der Waals surface area contributed by atoms with Crippen LogP contribution in [-0.2, 0) is 30.3 Å². The predicted molar refractivity (Wildman–Crippen MR) is 132 cm³/mol. The molecule has 1 saturated heterocycles. The van der Waals surface area contributed by atoms with Crippen molar-refractivity contribution >= 4 is 35.4 Å². The zero-order valence-corrected chi connectivity index (χ0v) is 21.1. The van der Waals surface area contributed by atoms with Crippen LogP contribution in [0.4, 0.5) is 0 Å². The number of hydrogen-bond donors (Lipinski definition) is 3.